The largest absolute Gasteiger partial charge is 0.356 e. The molecule has 0 N–H and O–H groups in total. The molecular formula is C24H26N4O2S2. The summed E-state index contributed by atoms with van der Waals surface area (Å²) < 4.78 is 2.02. The Hall–Kier alpha value is -2.89. The van der Waals surface area contributed by atoms with E-state index in [1.807, 2.05) is 48.3 Å². The molecule has 0 bridgehead atoms. The molecule has 1 aromatic carbocycles. The van der Waals surface area contributed by atoms with Crippen LogP contribution in [0.3, 0.4) is 0 Å². The Labute approximate surface area is 198 Å². The third kappa shape index (κ3) is 4.64. The van der Waals surface area contributed by atoms with Crippen molar-refractivity contribution in [2.24, 2.45) is 7.05 Å². The number of nitriles is 1. The molecule has 2 heterocycles. The highest BCUT2D eigenvalue weighted by Gasteiger charge is 2.32. The smallest absolute Gasteiger partial charge is 0.270 e. The van der Waals surface area contributed by atoms with Crippen LogP contribution in [0.5, 0.6) is 0 Å². The van der Waals surface area contributed by atoms with Crippen molar-refractivity contribution in [1.82, 2.24) is 9.47 Å². The van der Waals surface area contributed by atoms with Crippen LogP contribution in [0, 0.1) is 18.3 Å². The first kappa shape index (κ1) is 23.8. The number of aromatic nitrogens is 1. The van der Waals surface area contributed by atoms with Crippen LogP contribution in [-0.4, -0.2) is 33.3 Å². The molecule has 0 aliphatic carbocycles. The lowest BCUT2D eigenvalue weighted by Crippen LogP contribution is -2.31. The van der Waals surface area contributed by atoms with E-state index in [1.54, 1.807) is 24.9 Å². The molecular weight excluding hydrogens is 440 g/mol. The third-order valence-electron chi connectivity index (χ3n) is 5.48. The number of amides is 1. The van der Waals surface area contributed by atoms with Crippen molar-refractivity contribution in [3.63, 3.8) is 0 Å². The van der Waals surface area contributed by atoms with E-state index in [9.17, 15) is 14.9 Å². The lowest BCUT2D eigenvalue weighted by atomic mass is 10.0. The van der Waals surface area contributed by atoms with Crippen molar-refractivity contribution in [2.75, 3.05) is 18.5 Å². The third-order valence-corrected chi connectivity index (χ3v) is 6.85. The molecule has 0 unspecified atom stereocenters. The number of pyridine rings is 1. The zero-order valence-electron chi connectivity index (χ0n) is 18.7. The summed E-state index contributed by atoms with van der Waals surface area (Å²) >= 11 is 6.70. The van der Waals surface area contributed by atoms with Crippen LogP contribution < -0.4 is 10.5 Å². The van der Waals surface area contributed by atoms with E-state index in [0.29, 0.717) is 39.3 Å². The Morgan fingerprint density at radius 1 is 1.25 bits per heavy atom. The molecule has 0 radical (unpaired) electrons. The van der Waals surface area contributed by atoms with Crippen LogP contribution >= 0.6 is 24.0 Å². The zero-order valence-corrected chi connectivity index (χ0v) is 20.3. The van der Waals surface area contributed by atoms with Crippen molar-refractivity contribution < 1.29 is 4.79 Å². The van der Waals surface area contributed by atoms with Gasteiger partial charge in [-0.25, -0.2) is 0 Å². The minimum Gasteiger partial charge on any atom is -0.356 e. The van der Waals surface area contributed by atoms with Crippen LogP contribution in [0.25, 0.3) is 6.08 Å². The number of rotatable bonds is 7. The Bertz CT molecular complexity index is 1180. The minimum atomic E-state index is -0.354. The molecule has 0 spiro atoms. The number of thioether (sulfide) groups is 1. The van der Waals surface area contributed by atoms with Crippen molar-refractivity contribution in [1.29, 1.82) is 5.26 Å². The first-order chi connectivity index (χ1) is 15.3. The number of thiocarbonyl (C=S) groups is 1. The van der Waals surface area contributed by atoms with E-state index >= 15 is 0 Å². The summed E-state index contributed by atoms with van der Waals surface area (Å²) in [4.78, 5) is 30.0. The average Bonchev–Trinajstić information content (AvgIpc) is 3.04. The summed E-state index contributed by atoms with van der Waals surface area (Å²) in [7, 11) is 3.56. The molecule has 1 aliphatic rings. The van der Waals surface area contributed by atoms with Gasteiger partial charge in [0.05, 0.1) is 4.91 Å². The van der Waals surface area contributed by atoms with Gasteiger partial charge in [-0.15, -0.1) is 0 Å². The van der Waals surface area contributed by atoms with Gasteiger partial charge in [-0.3, -0.25) is 19.1 Å². The molecule has 166 valence electrons. The second-order valence-electron chi connectivity index (χ2n) is 7.74. The summed E-state index contributed by atoms with van der Waals surface area (Å²) in [6.07, 6.45) is 3.62. The van der Waals surface area contributed by atoms with Gasteiger partial charge < -0.3 is 4.90 Å². The number of unbranched alkanes of at least 4 members (excludes halogenated alkanes) is 1. The molecule has 6 nitrogen and oxygen atoms in total. The van der Waals surface area contributed by atoms with Crippen molar-refractivity contribution in [3.05, 3.63) is 67.8 Å². The topological polar surface area (TPSA) is 69.3 Å². The van der Waals surface area contributed by atoms with Gasteiger partial charge in [0, 0.05) is 32.7 Å². The SMILES string of the molecule is CCCCN1C(=O)C(=Cc2c(C)c(C#N)c(=O)n(C)c2N(C)Cc2ccccc2)SC1=S. The monoisotopic (exact) mass is 466 g/mol. The van der Waals surface area contributed by atoms with Crippen LogP contribution in [-0.2, 0) is 18.4 Å². The van der Waals surface area contributed by atoms with Crippen LogP contribution in [0.1, 0.15) is 42.0 Å². The number of hydrogen-bond donors (Lipinski definition) is 0. The van der Waals surface area contributed by atoms with Gasteiger partial charge in [0.1, 0.15) is 21.8 Å². The van der Waals surface area contributed by atoms with Gasteiger partial charge in [0.15, 0.2) is 0 Å². The fourth-order valence-electron chi connectivity index (χ4n) is 3.75. The number of carbonyl (C=O) groups is 1. The Morgan fingerprint density at radius 3 is 2.56 bits per heavy atom. The summed E-state index contributed by atoms with van der Waals surface area (Å²) in [6, 6.07) is 12.0. The number of hydrogen-bond acceptors (Lipinski definition) is 6. The molecule has 0 atom stereocenters. The highest BCUT2D eigenvalue weighted by atomic mass is 32.2. The van der Waals surface area contributed by atoms with E-state index in [2.05, 4.69) is 6.92 Å². The lowest BCUT2D eigenvalue weighted by Gasteiger charge is -2.26. The maximum Gasteiger partial charge on any atom is 0.270 e. The Morgan fingerprint density at radius 2 is 1.94 bits per heavy atom. The fraction of sp³-hybridized carbons (Fsp3) is 0.333. The Balaban J connectivity index is 2.12. The molecule has 1 saturated heterocycles. The molecule has 1 aliphatic heterocycles. The van der Waals surface area contributed by atoms with Crippen molar-refractivity contribution in [2.45, 2.75) is 33.2 Å². The summed E-state index contributed by atoms with van der Waals surface area (Å²) in [5, 5.41) is 9.61. The standard InChI is InChI=1S/C24H26N4O2S2/c1-5-6-12-28-23(30)20(32-24(28)31)13-18-16(2)19(14-25)22(29)27(4)21(18)26(3)15-17-10-8-7-9-11-17/h7-11,13H,5-6,12,15H2,1-4H3. The predicted molar refractivity (Wildman–Crippen MR) is 134 cm³/mol. The number of anilines is 1. The van der Waals surface area contributed by atoms with Crippen LogP contribution in [0.2, 0.25) is 0 Å². The maximum atomic E-state index is 13.0. The van der Waals surface area contributed by atoms with Gasteiger partial charge in [-0.2, -0.15) is 5.26 Å². The van der Waals surface area contributed by atoms with Gasteiger partial charge in [-0.1, -0.05) is 67.7 Å². The second kappa shape index (κ2) is 10.2. The molecule has 1 fully saturated rings. The molecule has 2 aromatic rings. The van der Waals surface area contributed by atoms with Crippen molar-refractivity contribution >= 4 is 46.1 Å². The summed E-state index contributed by atoms with van der Waals surface area (Å²) in [5.74, 6) is 0.519. The minimum absolute atomic E-state index is 0.0806. The Kier molecular flexibility index (Phi) is 7.54. The lowest BCUT2D eigenvalue weighted by molar-refractivity contribution is -0.122. The van der Waals surface area contributed by atoms with Crippen molar-refractivity contribution in [3.8, 4) is 6.07 Å². The summed E-state index contributed by atoms with van der Waals surface area (Å²) in [5.41, 5.74) is 2.05. The van der Waals surface area contributed by atoms with E-state index in [0.717, 1.165) is 18.4 Å². The summed E-state index contributed by atoms with van der Waals surface area (Å²) in [6.45, 7) is 4.98. The fourth-order valence-corrected chi connectivity index (χ4v) is 5.04. The molecule has 32 heavy (non-hydrogen) atoms. The molecule has 0 saturated carbocycles. The maximum absolute atomic E-state index is 13.0. The van der Waals surface area contributed by atoms with Crippen LogP contribution in [0.4, 0.5) is 5.82 Å². The van der Waals surface area contributed by atoms with E-state index in [4.69, 9.17) is 12.2 Å². The van der Waals surface area contributed by atoms with Crippen LogP contribution in [0.15, 0.2) is 40.0 Å². The second-order valence-corrected chi connectivity index (χ2v) is 9.42. The van der Waals surface area contributed by atoms with Gasteiger partial charge in [0.2, 0.25) is 0 Å². The van der Waals surface area contributed by atoms with Gasteiger partial charge >= 0.3 is 0 Å². The van der Waals surface area contributed by atoms with Gasteiger partial charge in [-0.05, 0) is 30.5 Å². The van der Waals surface area contributed by atoms with Gasteiger partial charge in [0.25, 0.3) is 11.5 Å². The number of carbonyl (C=O) groups excluding carboxylic acids is 1. The van der Waals surface area contributed by atoms with E-state index in [1.165, 1.54) is 16.3 Å². The first-order valence-corrected chi connectivity index (χ1v) is 11.7. The molecule has 1 aromatic heterocycles. The highest BCUT2D eigenvalue weighted by Crippen LogP contribution is 2.35. The quantitative estimate of drug-likeness (QED) is 0.450. The zero-order chi connectivity index (χ0) is 23.4. The highest BCUT2D eigenvalue weighted by molar-refractivity contribution is 8.26. The molecule has 1 amide bonds. The van der Waals surface area contributed by atoms with E-state index < -0.39 is 0 Å². The number of nitrogens with zero attached hydrogens (tertiary/aromatic N) is 4. The predicted octanol–water partition coefficient (Wildman–Crippen LogP) is 4.20. The first-order valence-electron chi connectivity index (χ1n) is 10.4. The normalized spacial score (nSPS) is 14.8. The van der Waals surface area contributed by atoms with E-state index in [-0.39, 0.29) is 17.0 Å². The molecule has 3 rings (SSSR count). The number of benzene rings is 1. The average molecular weight is 467 g/mol. The molecule has 8 heteroatoms.